The van der Waals surface area contributed by atoms with Crippen LogP contribution in [0.15, 0.2) is 40.9 Å². The van der Waals surface area contributed by atoms with E-state index >= 15 is 0 Å². The lowest BCUT2D eigenvalue weighted by Gasteiger charge is -2.18. The first-order valence-electron chi connectivity index (χ1n) is 9.47. The molecule has 2 rings (SSSR count). The van der Waals surface area contributed by atoms with Gasteiger partial charge in [-0.25, -0.2) is 0 Å². The van der Waals surface area contributed by atoms with Gasteiger partial charge in [0.2, 0.25) is 5.75 Å². The Labute approximate surface area is 223 Å². The van der Waals surface area contributed by atoms with Crippen molar-refractivity contribution < 1.29 is 35.7 Å². The number of hydrogen-bond acceptors (Lipinski definition) is 2. The van der Waals surface area contributed by atoms with E-state index in [0.717, 1.165) is 18.2 Å². The van der Waals surface area contributed by atoms with Crippen molar-refractivity contribution >= 4 is 73.9 Å². The molecule has 35 heavy (non-hydrogen) atoms. The third-order valence-corrected chi connectivity index (χ3v) is 7.54. The summed E-state index contributed by atoms with van der Waals surface area (Å²) in [4.78, 5) is 12.3. The van der Waals surface area contributed by atoms with Crippen LogP contribution in [0.2, 0.25) is 15.1 Å². The molecule has 0 aromatic heterocycles. The Kier molecular flexibility index (Phi) is 10.7. The summed E-state index contributed by atoms with van der Waals surface area (Å²) in [5.74, 6) is -4.56. The van der Waals surface area contributed by atoms with Crippen LogP contribution in [0.5, 0.6) is 0 Å². The molecule has 1 N–H and O–H groups in total. The molecule has 0 aliphatic carbocycles. The van der Waals surface area contributed by atoms with Gasteiger partial charge < -0.3 is 9.87 Å². The SMILES string of the molecule is O=C(NCC[S+]([O-])CC(F)(F)F)c1ccc(C=CC(c2cc(Cl)c(Cl)c(Cl)c2)C(F)(F)F)cc1Br. The summed E-state index contributed by atoms with van der Waals surface area (Å²) in [5, 5.41) is 2.03. The smallest absolute Gasteiger partial charge is 0.433 e. The predicted molar refractivity (Wildman–Crippen MR) is 130 cm³/mol. The molecule has 0 aliphatic rings. The van der Waals surface area contributed by atoms with Crippen LogP contribution >= 0.6 is 50.7 Å². The lowest BCUT2D eigenvalue weighted by atomic mass is 9.97. The Balaban J connectivity index is 2.13. The van der Waals surface area contributed by atoms with Crippen molar-refractivity contribution in [3.8, 4) is 0 Å². The van der Waals surface area contributed by atoms with E-state index in [2.05, 4.69) is 21.2 Å². The minimum Gasteiger partial charge on any atom is -0.616 e. The van der Waals surface area contributed by atoms with Gasteiger partial charge in [-0.15, -0.1) is 0 Å². The van der Waals surface area contributed by atoms with Gasteiger partial charge in [-0.1, -0.05) is 53.0 Å². The van der Waals surface area contributed by atoms with Gasteiger partial charge in [0, 0.05) is 4.47 Å². The van der Waals surface area contributed by atoms with Crippen LogP contribution in [0.1, 0.15) is 27.4 Å². The number of carbonyl (C=O) groups excluding carboxylic acids is 1. The first-order chi connectivity index (χ1) is 16.1. The van der Waals surface area contributed by atoms with Crippen LogP contribution in [0.25, 0.3) is 6.08 Å². The van der Waals surface area contributed by atoms with E-state index in [-0.39, 0.29) is 43.0 Å². The topological polar surface area (TPSA) is 52.2 Å². The largest absolute Gasteiger partial charge is 0.616 e. The maximum absolute atomic E-state index is 13.7. The highest BCUT2D eigenvalue weighted by atomic mass is 79.9. The van der Waals surface area contributed by atoms with Gasteiger partial charge in [-0.2, -0.15) is 26.3 Å². The van der Waals surface area contributed by atoms with Crippen LogP contribution in [0.3, 0.4) is 0 Å². The van der Waals surface area contributed by atoms with Crippen molar-refractivity contribution in [1.82, 2.24) is 5.32 Å². The molecular weight excluding hydrogens is 631 g/mol. The predicted octanol–water partition coefficient (Wildman–Crippen LogP) is 7.81. The first kappa shape index (κ1) is 30.1. The van der Waals surface area contributed by atoms with Crippen LogP contribution in [-0.2, 0) is 11.2 Å². The molecule has 0 fully saturated rings. The number of amides is 1. The van der Waals surface area contributed by atoms with Gasteiger partial charge in [0.1, 0.15) is 5.75 Å². The Bertz CT molecular complexity index is 1070. The van der Waals surface area contributed by atoms with Gasteiger partial charge in [0.15, 0.2) is 0 Å². The molecule has 3 nitrogen and oxygen atoms in total. The Morgan fingerprint density at radius 3 is 2.20 bits per heavy atom. The number of allylic oxidation sites excluding steroid dienone is 1. The molecule has 2 aromatic rings. The minimum absolute atomic E-state index is 0.0635. The molecule has 2 atom stereocenters. The number of nitrogens with one attached hydrogen (secondary N) is 1. The molecule has 1 amide bonds. The maximum Gasteiger partial charge on any atom is 0.433 e. The van der Waals surface area contributed by atoms with E-state index in [9.17, 15) is 35.7 Å². The van der Waals surface area contributed by atoms with Crippen molar-refractivity contribution in [2.45, 2.75) is 18.3 Å². The summed E-state index contributed by atoms with van der Waals surface area (Å²) < 4.78 is 89.2. The van der Waals surface area contributed by atoms with Crippen molar-refractivity contribution in [3.05, 3.63) is 72.6 Å². The lowest BCUT2D eigenvalue weighted by molar-refractivity contribution is -0.139. The fourth-order valence-corrected chi connectivity index (χ4v) is 4.85. The lowest BCUT2D eigenvalue weighted by Crippen LogP contribution is -2.33. The molecule has 0 saturated carbocycles. The van der Waals surface area contributed by atoms with Gasteiger partial charge in [-0.05, 0) is 62.5 Å². The fourth-order valence-electron chi connectivity index (χ4n) is 2.82. The molecule has 0 radical (unpaired) electrons. The normalized spacial score (nSPS) is 14.3. The zero-order valence-electron chi connectivity index (χ0n) is 17.2. The second kappa shape index (κ2) is 12.4. The molecule has 0 bridgehead atoms. The monoisotopic (exact) mass is 643 g/mol. The van der Waals surface area contributed by atoms with E-state index in [1.807, 2.05) is 0 Å². The molecular formula is C21H15BrCl3F6NO2S. The highest BCUT2D eigenvalue weighted by molar-refractivity contribution is 9.10. The summed E-state index contributed by atoms with van der Waals surface area (Å²) in [7, 11) is 0. The molecule has 0 aliphatic heterocycles. The second-order valence-corrected chi connectivity index (χ2v) is 10.7. The van der Waals surface area contributed by atoms with E-state index in [0.29, 0.717) is 5.56 Å². The average molecular weight is 646 g/mol. The van der Waals surface area contributed by atoms with Crippen molar-refractivity contribution in [2.24, 2.45) is 0 Å². The third-order valence-electron chi connectivity index (χ3n) is 4.38. The number of hydrogen-bond donors (Lipinski definition) is 1. The summed E-state index contributed by atoms with van der Waals surface area (Å²) in [6.45, 7) is -0.255. The Morgan fingerprint density at radius 2 is 1.69 bits per heavy atom. The Hall–Kier alpha value is -1.11. The summed E-state index contributed by atoms with van der Waals surface area (Å²) in [5.41, 5.74) is 0.193. The number of carbonyl (C=O) groups is 1. The molecule has 192 valence electrons. The minimum atomic E-state index is -4.67. The number of benzene rings is 2. The van der Waals surface area contributed by atoms with Gasteiger partial charge in [0.25, 0.3) is 5.91 Å². The number of rotatable bonds is 8. The summed E-state index contributed by atoms with van der Waals surface area (Å²) >= 11 is 18.5. The number of halogens is 10. The number of alkyl halides is 6. The zero-order valence-corrected chi connectivity index (χ0v) is 21.9. The molecule has 0 saturated heterocycles. The summed E-state index contributed by atoms with van der Waals surface area (Å²) in [6, 6.07) is 6.24. The van der Waals surface area contributed by atoms with Gasteiger partial charge >= 0.3 is 12.4 Å². The molecule has 14 heteroatoms. The van der Waals surface area contributed by atoms with E-state index < -0.39 is 41.1 Å². The highest BCUT2D eigenvalue weighted by Crippen LogP contribution is 2.41. The van der Waals surface area contributed by atoms with Crippen molar-refractivity contribution in [2.75, 3.05) is 18.1 Å². The molecule has 0 heterocycles. The van der Waals surface area contributed by atoms with Crippen LogP contribution in [-0.4, -0.2) is 40.9 Å². The maximum atomic E-state index is 13.7. The van der Waals surface area contributed by atoms with Crippen molar-refractivity contribution in [3.63, 3.8) is 0 Å². The molecule has 2 unspecified atom stereocenters. The molecule has 0 spiro atoms. The fraction of sp³-hybridized carbons (Fsp3) is 0.286. The second-order valence-electron chi connectivity index (χ2n) is 7.08. The zero-order chi connectivity index (χ0) is 26.6. The van der Waals surface area contributed by atoms with Crippen LogP contribution in [0.4, 0.5) is 26.3 Å². The van der Waals surface area contributed by atoms with Crippen LogP contribution in [0, 0.1) is 0 Å². The van der Waals surface area contributed by atoms with Crippen LogP contribution < -0.4 is 5.32 Å². The van der Waals surface area contributed by atoms with Crippen molar-refractivity contribution in [1.29, 1.82) is 0 Å². The van der Waals surface area contributed by atoms with E-state index in [1.165, 1.54) is 24.3 Å². The highest BCUT2D eigenvalue weighted by Gasteiger charge is 2.39. The van der Waals surface area contributed by atoms with Gasteiger partial charge in [0.05, 0.1) is 33.1 Å². The van der Waals surface area contributed by atoms with Gasteiger partial charge in [-0.3, -0.25) is 4.79 Å². The third kappa shape index (κ3) is 9.36. The Morgan fingerprint density at radius 1 is 1.09 bits per heavy atom. The quantitative estimate of drug-likeness (QED) is 0.181. The van der Waals surface area contributed by atoms with E-state index in [1.54, 1.807) is 0 Å². The first-order valence-corrected chi connectivity index (χ1v) is 12.9. The van der Waals surface area contributed by atoms with E-state index in [4.69, 9.17) is 34.8 Å². The standard InChI is InChI=1S/C21H15BrCl3F6NO2S/c22-15-7-11(1-3-13(15)19(33)32-5-6-35(34)10-20(26,27)28)2-4-14(21(29,30)31)12-8-16(23)18(25)17(24)9-12/h1-4,7-9,14H,5-6,10H2,(H,32,33). The summed E-state index contributed by atoms with van der Waals surface area (Å²) in [6.07, 6.45) is -7.15. The molecule has 2 aromatic carbocycles. The average Bonchev–Trinajstić information content (AvgIpc) is 2.69.